The van der Waals surface area contributed by atoms with Crippen LogP contribution >= 0.6 is 0 Å². The number of hydrogen-bond acceptors (Lipinski definition) is 1. The van der Waals surface area contributed by atoms with Crippen LogP contribution in [0.3, 0.4) is 0 Å². The van der Waals surface area contributed by atoms with Gasteiger partial charge in [-0.2, -0.15) is 0 Å². The second kappa shape index (κ2) is 3.99. The van der Waals surface area contributed by atoms with Crippen LogP contribution in [0.25, 0.3) is 11.1 Å². The van der Waals surface area contributed by atoms with Crippen LogP contribution in [0.1, 0.15) is 17.5 Å². The van der Waals surface area contributed by atoms with E-state index in [1.54, 1.807) is 6.07 Å². The summed E-state index contributed by atoms with van der Waals surface area (Å²) in [6.45, 7) is 0. The maximum atomic E-state index is 10.1. The first-order valence-corrected chi connectivity index (χ1v) is 5.75. The van der Waals surface area contributed by atoms with E-state index >= 15 is 0 Å². The first-order valence-electron chi connectivity index (χ1n) is 5.75. The van der Waals surface area contributed by atoms with E-state index in [1.807, 2.05) is 24.3 Å². The summed E-state index contributed by atoms with van der Waals surface area (Å²) >= 11 is 0. The van der Waals surface area contributed by atoms with Gasteiger partial charge < -0.3 is 5.11 Å². The van der Waals surface area contributed by atoms with Gasteiger partial charge in [0.1, 0.15) is 5.75 Å². The molecule has 0 fully saturated rings. The van der Waals surface area contributed by atoms with Gasteiger partial charge in [-0.15, -0.1) is 0 Å². The van der Waals surface area contributed by atoms with Gasteiger partial charge >= 0.3 is 0 Å². The van der Waals surface area contributed by atoms with Gasteiger partial charge in [0, 0.05) is 17.5 Å². The number of aromatic hydroxyl groups is 1. The van der Waals surface area contributed by atoms with Crippen LogP contribution in [0.5, 0.6) is 5.75 Å². The highest BCUT2D eigenvalue weighted by atomic mass is 16.3. The first-order chi connectivity index (χ1) is 8.36. The molecule has 0 aromatic heterocycles. The van der Waals surface area contributed by atoms with Gasteiger partial charge in [-0.3, -0.25) is 0 Å². The molecule has 1 N–H and O–H groups in total. The van der Waals surface area contributed by atoms with Gasteiger partial charge in [0.05, 0.1) is 0 Å². The van der Waals surface area contributed by atoms with Crippen molar-refractivity contribution in [1.82, 2.24) is 0 Å². The Bertz CT molecular complexity index is 629. The third kappa shape index (κ3) is 1.68. The molecule has 1 nitrogen and oxygen atoms in total. The summed E-state index contributed by atoms with van der Waals surface area (Å²) < 4.78 is 0. The topological polar surface area (TPSA) is 20.2 Å². The molecule has 0 radical (unpaired) electrons. The van der Waals surface area contributed by atoms with Gasteiger partial charge in [-0.1, -0.05) is 42.2 Å². The number of rotatable bonds is 0. The Morgan fingerprint density at radius 3 is 2.82 bits per heavy atom. The predicted molar refractivity (Wildman–Crippen MR) is 68.7 cm³/mol. The average Bonchev–Trinajstić information content (AvgIpc) is 2.32. The summed E-state index contributed by atoms with van der Waals surface area (Å²) in [5.41, 5.74) is 4.14. The monoisotopic (exact) mass is 220 g/mol. The molecule has 0 atom stereocenters. The molecule has 0 aliphatic heterocycles. The molecule has 0 bridgehead atoms. The van der Waals surface area contributed by atoms with Crippen LogP contribution in [-0.4, -0.2) is 5.11 Å². The van der Waals surface area contributed by atoms with Crippen LogP contribution in [0.15, 0.2) is 42.5 Å². The summed E-state index contributed by atoms with van der Waals surface area (Å²) in [7, 11) is 0. The quantitative estimate of drug-likeness (QED) is 0.675. The van der Waals surface area contributed by atoms with Crippen molar-refractivity contribution in [2.24, 2.45) is 0 Å². The van der Waals surface area contributed by atoms with Crippen molar-refractivity contribution in [3.05, 3.63) is 53.6 Å². The number of aryl methyl sites for hydroxylation is 1. The minimum Gasteiger partial charge on any atom is -0.507 e. The van der Waals surface area contributed by atoms with Crippen molar-refractivity contribution in [2.75, 3.05) is 0 Å². The fraction of sp³-hybridized carbons (Fsp3) is 0.125. The third-order valence-corrected chi connectivity index (χ3v) is 3.07. The zero-order valence-electron chi connectivity index (χ0n) is 9.40. The van der Waals surface area contributed by atoms with Crippen LogP contribution in [0.4, 0.5) is 0 Å². The van der Waals surface area contributed by atoms with Crippen LogP contribution < -0.4 is 0 Å². The second-order valence-corrected chi connectivity index (χ2v) is 4.16. The van der Waals surface area contributed by atoms with E-state index in [0.717, 1.165) is 29.5 Å². The Labute approximate surface area is 101 Å². The molecule has 0 saturated heterocycles. The van der Waals surface area contributed by atoms with E-state index in [1.165, 1.54) is 5.56 Å². The number of phenolic OH excluding ortho intramolecular Hbond substituents is 1. The predicted octanol–water partition coefficient (Wildman–Crippen LogP) is 3.36. The zero-order valence-corrected chi connectivity index (χ0v) is 9.40. The molecule has 0 saturated carbocycles. The molecule has 0 amide bonds. The van der Waals surface area contributed by atoms with Gasteiger partial charge in [-0.25, -0.2) is 0 Å². The minimum absolute atomic E-state index is 0.311. The number of hydrogen-bond donors (Lipinski definition) is 1. The highest BCUT2D eigenvalue weighted by molar-refractivity contribution is 5.79. The number of benzene rings is 2. The largest absolute Gasteiger partial charge is 0.507 e. The maximum Gasteiger partial charge on any atom is 0.124 e. The maximum absolute atomic E-state index is 10.1. The van der Waals surface area contributed by atoms with Crippen molar-refractivity contribution in [2.45, 2.75) is 12.8 Å². The minimum atomic E-state index is 0.311. The van der Waals surface area contributed by atoms with Crippen LogP contribution in [0, 0.1) is 11.8 Å². The molecule has 1 aliphatic rings. The Morgan fingerprint density at radius 2 is 1.88 bits per heavy atom. The molecule has 17 heavy (non-hydrogen) atoms. The lowest BCUT2D eigenvalue weighted by molar-refractivity contribution is 0.477. The Morgan fingerprint density at radius 1 is 1.00 bits per heavy atom. The fourth-order valence-electron chi connectivity index (χ4n) is 2.26. The molecule has 0 spiro atoms. The molecule has 0 heterocycles. The average molecular weight is 220 g/mol. The summed E-state index contributed by atoms with van der Waals surface area (Å²) in [5.74, 6) is 6.60. The summed E-state index contributed by atoms with van der Waals surface area (Å²) in [4.78, 5) is 0. The Balaban J connectivity index is 2.36. The summed E-state index contributed by atoms with van der Waals surface area (Å²) in [6.07, 6.45) is 1.81. The molecule has 0 unspecified atom stereocenters. The third-order valence-electron chi connectivity index (χ3n) is 3.07. The fourth-order valence-corrected chi connectivity index (χ4v) is 2.26. The van der Waals surface area contributed by atoms with Crippen LogP contribution in [0.2, 0.25) is 0 Å². The Hall–Kier alpha value is -2.20. The molecular weight excluding hydrogens is 208 g/mol. The van der Waals surface area contributed by atoms with Crippen molar-refractivity contribution < 1.29 is 5.11 Å². The van der Waals surface area contributed by atoms with E-state index in [-0.39, 0.29) is 0 Å². The van der Waals surface area contributed by atoms with Crippen molar-refractivity contribution in [3.63, 3.8) is 0 Å². The van der Waals surface area contributed by atoms with E-state index < -0.39 is 0 Å². The number of fused-ring (bicyclic) bond motifs is 3. The highest BCUT2D eigenvalue weighted by Crippen LogP contribution is 2.35. The second-order valence-electron chi connectivity index (χ2n) is 4.16. The molecular formula is C16H12O. The van der Waals surface area contributed by atoms with Crippen molar-refractivity contribution >= 4 is 0 Å². The highest BCUT2D eigenvalue weighted by Gasteiger charge is 2.13. The number of phenols is 1. The van der Waals surface area contributed by atoms with Gasteiger partial charge in [-0.05, 0) is 29.7 Å². The summed E-state index contributed by atoms with van der Waals surface area (Å²) in [5, 5.41) is 10.1. The van der Waals surface area contributed by atoms with Gasteiger partial charge in [0.15, 0.2) is 0 Å². The standard InChI is InChI=1S/C16H12O/c17-15-11-5-9-13-8-2-1-6-12-7-3-4-10-14(12)16(13)15/h3-5,7,9-11,17H,1,6H2. The smallest absolute Gasteiger partial charge is 0.124 e. The molecule has 82 valence electrons. The van der Waals surface area contributed by atoms with Crippen LogP contribution in [-0.2, 0) is 6.42 Å². The molecule has 3 rings (SSSR count). The SMILES string of the molecule is Oc1cccc2c1-c1ccccc1CCC#C2. The van der Waals surface area contributed by atoms with Crippen molar-refractivity contribution in [3.8, 4) is 28.7 Å². The van der Waals surface area contributed by atoms with E-state index in [0.29, 0.717) is 5.75 Å². The normalized spacial score (nSPS) is 12.5. The molecule has 2 aromatic carbocycles. The summed E-state index contributed by atoms with van der Waals surface area (Å²) in [6, 6.07) is 13.7. The molecule has 1 aliphatic carbocycles. The lowest BCUT2D eigenvalue weighted by Gasteiger charge is -2.13. The lowest BCUT2D eigenvalue weighted by atomic mass is 9.91. The Kier molecular flexibility index (Phi) is 2.34. The van der Waals surface area contributed by atoms with Crippen molar-refractivity contribution in [1.29, 1.82) is 0 Å². The lowest BCUT2D eigenvalue weighted by Crippen LogP contribution is -1.95. The first kappa shape index (κ1) is 9.99. The molecule has 1 heteroatoms. The molecule has 2 aromatic rings. The van der Waals surface area contributed by atoms with E-state index in [2.05, 4.69) is 24.0 Å². The van der Waals surface area contributed by atoms with Gasteiger partial charge in [0.25, 0.3) is 0 Å². The van der Waals surface area contributed by atoms with E-state index in [4.69, 9.17) is 0 Å². The zero-order chi connectivity index (χ0) is 11.7. The van der Waals surface area contributed by atoms with E-state index in [9.17, 15) is 5.11 Å². The van der Waals surface area contributed by atoms with Gasteiger partial charge in [0.2, 0.25) is 0 Å².